The number of nitrogens with two attached hydrogens (primary N) is 1. The first-order valence-electron chi connectivity index (χ1n) is 3.72. The van der Waals surface area contributed by atoms with Gasteiger partial charge in [0.05, 0.1) is 0 Å². The summed E-state index contributed by atoms with van der Waals surface area (Å²) in [5, 5.41) is 9.09. The van der Waals surface area contributed by atoms with E-state index in [0.717, 1.165) is 12.0 Å². The number of rotatable bonds is 2. The van der Waals surface area contributed by atoms with Crippen LogP contribution in [0.4, 0.5) is 0 Å². The van der Waals surface area contributed by atoms with Crippen molar-refractivity contribution >= 4 is 17.0 Å². The lowest BCUT2D eigenvalue weighted by molar-refractivity contribution is 0.474. The van der Waals surface area contributed by atoms with Gasteiger partial charge in [-0.3, -0.25) is 0 Å². The highest BCUT2D eigenvalue weighted by molar-refractivity contribution is 8.93. The molecule has 1 aromatic rings. The summed E-state index contributed by atoms with van der Waals surface area (Å²) in [6.45, 7) is 1.95. The van der Waals surface area contributed by atoms with E-state index in [1.165, 1.54) is 0 Å². The molecule has 0 aliphatic heterocycles. The molecule has 0 bridgehead atoms. The van der Waals surface area contributed by atoms with Gasteiger partial charge < -0.3 is 10.8 Å². The molecule has 3 N–H and O–H groups in total. The van der Waals surface area contributed by atoms with Crippen LogP contribution in [-0.2, 0) is 6.42 Å². The van der Waals surface area contributed by atoms with E-state index in [4.69, 9.17) is 10.8 Å². The molecule has 0 aliphatic rings. The largest absolute Gasteiger partial charge is 0.508 e. The van der Waals surface area contributed by atoms with Gasteiger partial charge in [-0.1, -0.05) is 12.1 Å². The van der Waals surface area contributed by atoms with Gasteiger partial charge in [-0.15, -0.1) is 17.0 Å². The predicted molar refractivity (Wildman–Crippen MR) is 55.8 cm³/mol. The van der Waals surface area contributed by atoms with Gasteiger partial charge in [0.15, 0.2) is 0 Å². The first-order chi connectivity index (χ1) is 5.18. The molecule has 0 radical (unpaired) electrons. The van der Waals surface area contributed by atoms with Gasteiger partial charge in [-0.2, -0.15) is 0 Å². The lowest BCUT2D eigenvalue weighted by Crippen LogP contribution is -2.17. The molecule has 1 unspecified atom stereocenters. The normalized spacial score (nSPS) is 11.8. The van der Waals surface area contributed by atoms with E-state index in [9.17, 15) is 0 Å². The van der Waals surface area contributed by atoms with Crippen molar-refractivity contribution in [2.75, 3.05) is 0 Å². The number of benzene rings is 1. The number of aromatic hydroxyl groups is 1. The molecule has 1 rings (SSSR count). The van der Waals surface area contributed by atoms with Crippen molar-refractivity contribution in [3.8, 4) is 5.75 Å². The molecule has 12 heavy (non-hydrogen) atoms. The van der Waals surface area contributed by atoms with Crippen molar-refractivity contribution in [2.24, 2.45) is 5.73 Å². The zero-order chi connectivity index (χ0) is 8.27. The van der Waals surface area contributed by atoms with Crippen LogP contribution in [0, 0.1) is 0 Å². The Morgan fingerprint density at radius 2 is 2.17 bits per heavy atom. The second kappa shape index (κ2) is 5.17. The van der Waals surface area contributed by atoms with Crippen LogP contribution >= 0.6 is 17.0 Å². The Balaban J connectivity index is 0.00000121. The smallest absolute Gasteiger partial charge is 0.115 e. The molecule has 0 amide bonds. The van der Waals surface area contributed by atoms with E-state index in [1.807, 2.05) is 19.1 Å². The maximum absolute atomic E-state index is 9.09. The van der Waals surface area contributed by atoms with Crippen LogP contribution < -0.4 is 5.73 Å². The summed E-state index contributed by atoms with van der Waals surface area (Å²) < 4.78 is 0. The maximum Gasteiger partial charge on any atom is 0.115 e. The fraction of sp³-hybridized carbons (Fsp3) is 0.333. The summed E-state index contributed by atoms with van der Waals surface area (Å²) in [5.74, 6) is 0.308. The Morgan fingerprint density at radius 3 is 2.67 bits per heavy atom. The molecular weight excluding hydrogens is 218 g/mol. The lowest BCUT2D eigenvalue weighted by Gasteiger charge is -2.04. The molecule has 0 spiro atoms. The second-order valence-electron chi connectivity index (χ2n) is 2.85. The maximum atomic E-state index is 9.09. The Bertz CT molecular complexity index is 238. The zero-order valence-electron chi connectivity index (χ0n) is 7.03. The van der Waals surface area contributed by atoms with E-state index in [1.54, 1.807) is 12.1 Å². The van der Waals surface area contributed by atoms with Crippen molar-refractivity contribution < 1.29 is 5.11 Å². The zero-order valence-corrected chi connectivity index (χ0v) is 8.74. The van der Waals surface area contributed by atoms with Crippen molar-refractivity contribution in [3.63, 3.8) is 0 Å². The molecule has 0 saturated heterocycles. The molecule has 0 aliphatic carbocycles. The highest BCUT2D eigenvalue weighted by Gasteiger charge is 1.97. The monoisotopic (exact) mass is 231 g/mol. The average Bonchev–Trinajstić information content (AvgIpc) is 1.85. The second-order valence-corrected chi connectivity index (χ2v) is 2.85. The minimum Gasteiger partial charge on any atom is -0.508 e. The van der Waals surface area contributed by atoms with Crippen LogP contribution in [0.3, 0.4) is 0 Å². The van der Waals surface area contributed by atoms with Crippen LogP contribution in [-0.4, -0.2) is 11.1 Å². The highest BCUT2D eigenvalue weighted by atomic mass is 79.9. The molecule has 3 heteroatoms. The van der Waals surface area contributed by atoms with E-state index in [2.05, 4.69) is 0 Å². The van der Waals surface area contributed by atoms with Crippen molar-refractivity contribution in [1.82, 2.24) is 0 Å². The third-order valence-corrected chi connectivity index (χ3v) is 1.47. The first-order valence-corrected chi connectivity index (χ1v) is 3.72. The number of phenols is 1. The topological polar surface area (TPSA) is 46.2 Å². The third-order valence-electron chi connectivity index (χ3n) is 1.47. The molecule has 2 nitrogen and oxygen atoms in total. The van der Waals surface area contributed by atoms with Gasteiger partial charge in [0.2, 0.25) is 0 Å². The summed E-state index contributed by atoms with van der Waals surface area (Å²) >= 11 is 0. The van der Waals surface area contributed by atoms with Gasteiger partial charge in [0, 0.05) is 6.04 Å². The van der Waals surface area contributed by atoms with Crippen molar-refractivity contribution in [2.45, 2.75) is 19.4 Å². The van der Waals surface area contributed by atoms with Crippen LogP contribution in [0.5, 0.6) is 5.75 Å². The number of phenolic OH excluding ortho intramolecular Hbond substituents is 1. The molecule has 0 saturated carbocycles. The molecule has 0 heterocycles. The highest BCUT2D eigenvalue weighted by Crippen LogP contribution is 2.11. The van der Waals surface area contributed by atoms with Crippen molar-refractivity contribution in [1.29, 1.82) is 0 Å². The third kappa shape index (κ3) is 3.74. The average molecular weight is 232 g/mol. The Morgan fingerprint density at radius 1 is 1.50 bits per heavy atom. The molecule has 0 fully saturated rings. The van der Waals surface area contributed by atoms with Gasteiger partial charge in [0.25, 0.3) is 0 Å². The predicted octanol–water partition coefficient (Wildman–Crippen LogP) is 1.86. The Hall–Kier alpha value is -0.540. The fourth-order valence-electron chi connectivity index (χ4n) is 1.06. The van der Waals surface area contributed by atoms with Gasteiger partial charge in [-0.25, -0.2) is 0 Å². The molecule has 1 atom stereocenters. The first kappa shape index (κ1) is 11.5. The molecule has 0 aromatic heterocycles. The lowest BCUT2D eigenvalue weighted by atomic mass is 10.1. The standard InChI is InChI=1S/C9H13NO.BrH/c1-7(10)5-8-3-2-4-9(11)6-8;/h2-4,6-7,11H,5,10H2,1H3;1H. The minimum atomic E-state index is 0. The molecule has 1 aromatic carbocycles. The molecule has 68 valence electrons. The quantitative estimate of drug-likeness (QED) is 0.817. The van der Waals surface area contributed by atoms with E-state index in [-0.39, 0.29) is 23.0 Å². The van der Waals surface area contributed by atoms with E-state index in [0.29, 0.717) is 5.75 Å². The van der Waals surface area contributed by atoms with Crippen LogP contribution in [0.25, 0.3) is 0 Å². The van der Waals surface area contributed by atoms with Gasteiger partial charge in [0.1, 0.15) is 5.75 Å². The fourth-order valence-corrected chi connectivity index (χ4v) is 1.06. The van der Waals surface area contributed by atoms with Gasteiger partial charge in [-0.05, 0) is 31.0 Å². The molecular formula is C9H14BrNO. The SMILES string of the molecule is Br.CC(N)Cc1cccc(O)c1. The Kier molecular flexibility index (Phi) is 4.93. The minimum absolute atomic E-state index is 0. The summed E-state index contributed by atoms with van der Waals surface area (Å²) in [6.07, 6.45) is 0.814. The summed E-state index contributed by atoms with van der Waals surface area (Å²) in [6, 6.07) is 7.33. The summed E-state index contributed by atoms with van der Waals surface area (Å²) in [4.78, 5) is 0. The summed E-state index contributed by atoms with van der Waals surface area (Å²) in [5.41, 5.74) is 6.68. The van der Waals surface area contributed by atoms with E-state index >= 15 is 0 Å². The van der Waals surface area contributed by atoms with E-state index < -0.39 is 0 Å². The summed E-state index contributed by atoms with van der Waals surface area (Å²) in [7, 11) is 0. The van der Waals surface area contributed by atoms with Crippen LogP contribution in [0.2, 0.25) is 0 Å². The Labute approximate surface area is 83.2 Å². The number of hydrogen-bond acceptors (Lipinski definition) is 2. The van der Waals surface area contributed by atoms with Gasteiger partial charge >= 0.3 is 0 Å². The van der Waals surface area contributed by atoms with Crippen LogP contribution in [0.1, 0.15) is 12.5 Å². The van der Waals surface area contributed by atoms with Crippen LogP contribution in [0.15, 0.2) is 24.3 Å². The number of halogens is 1. The van der Waals surface area contributed by atoms with Crippen molar-refractivity contribution in [3.05, 3.63) is 29.8 Å². The number of hydrogen-bond donors (Lipinski definition) is 2.